The summed E-state index contributed by atoms with van der Waals surface area (Å²) in [5, 5.41) is 0. The van der Waals surface area contributed by atoms with Crippen LogP contribution in [0.4, 0.5) is 0 Å². The standard InChI is InChI=1S/C24H26N2O4S/c1-30-23-14-12-20-11-13-21(25-31(2,28)29)22(26(20)24(23)27)16-17-7-6-10-19(15-17)18-8-4-3-5-9-18/h3-10,12,14-15,21-22,25H,11,13,16H2,1-2H3/t21-,22-/m0/s1. The van der Waals surface area contributed by atoms with Crippen molar-refractivity contribution in [2.75, 3.05) is 13.4 Å². The largest absolute Gasteiger partial charge is 0.491 e. The highest BCUT2D eigenvalue weighted by atomic mass is 32.2. The molecule has 0 radical (unpaired) electrons. The van der Waals surface area contributed by atoms with Crippen molar-refractivity contribution in [3.05, 3.63) is 88.3 Å². The van der Waals surface area contributed by atoms with Gasteiger partial charge in [-0.15, -0.1) is 0 Å². The molecule has 2 heterocycles. The molecule has 0 saturated heterocycles. The van der Waals surface area contributed by atoms with Gasteiger partial charge in [-0.1, -0.05) is 54.6 Å². The van der Waals surface area contributed by atoms with Crippen LogP contribution in [0.3, 0.4) is 0 Å². The molecule has 0 saturated carbocycles. The minimum atomic E-state index is -3.43. The van der Waals surface area contributed by atoms with Crippen LogP contribution in [0, 0.1) is 0 Å². The summed E-state index contributed by atoms with van der Waals surface area (Å²) in [5.41, 5.74) is 3.89. The Hall–Kier alpha value is -2.90. The molecule has 162 valence electrons. The molecule has 4 rings (SSSR count). The molecule has 2 aromatic carbocycles. The third kappa shape index (κ3) is 4.73. The summed E-state index contributed by atoms with van der Waals surface area (Å²) in [4.78, 5) is 13.1. The lowest BCUT2D eigenvalue weighted by Gasteiger charge is -2.35. The fraction of sp³-hybridized carbons (Fsp3) is 0.292. The van der Waals surface area contributed by atoms with Crippen molar-refractivity contribution >= 4 is 10.0 Å². The number of aryl methyl sites for hydroxylation is 1. The normalized spacial score (nSPS) is 18.4. The molecule has 1 aromatic heterocycles. The molecule has 3 aromatic rings. The van der Waals surface area contributed by atoms with E-state index in [-0.39, 0.29) is 23.4 Å². The second kappa shape index (κ2) is 8.69. The van der Waals surface area contributed by atoms with Gasteiger partial charge >= 0.3 is 0 Å². The quantitative estimate of drug-likeness (QED) is 0.641. The first kappa shape index (κ1) is 21.3. The van der Waals surface area contributed by atoms with Crippen LogP contribution in [0.25, 0.3) is 11.1 Å². The molecular weight excluding hydrogens is 412 g/mol. The molecular formula is C24H26N2O4S. The van der Waals surface area contributed by atoms with Crippen LogP contribution in [0.1, 0.15) is 23.7 Å². The van der Waals surface area contributed by atoms with Crippen LogP contribution >= 0.6 is 0 Å². The van der Waals surface area contributed by atoms with Crippen LogP contribution in [0.15, 0.2) is 71.5 Å². The predicted molar refractivity (Wildman–Crippen MR) is 122 cm³/mol. The monoisotopic (exact) mass is 438 g/mol. The lowest BCUT2D eigenvalue weighted by Crippen LogP contribution is -2.48. The maximum absolute atomic E-state index is 13.1. The molecule has 0 amide bonds. The minimum absolute atomic E-state index is 0.232. The molecule has 0 aliphatic carbocycles. The van der Waals surface area contributed by atoms with Gasteiger partial charge in [0, 0.05) is 11.7 Å². The van der Waals surface area contributed by atoms with Gasteiger partial charge in [0.05, 0.1) is 19.4 Å². The Morgan fingerprint density at radius 3 is 2.48 bits per heavy atom. The van der Waals surface area contributed by atoms with Gasteiger partial charge in [-0.2, -0.15) is 0 Å². The number of hydrogen-bond acceptors (Lipinski definition) is 4. The Labute approximate surface area is 182 Å². The molecule has 0 unspecified atom stereocenters. The lowest BCUT2D eigenvalue weighted by molar-refractivity contribution is 0.306. The van der Waals surface area contributed by atoms with E-state index in [0.29, 0.717) is 19.3 Å². The van der Waals surface area contributed by atoms with E-state index in [2.05, 4.69) is 29.0 Å². The average molecular weight is 439 g/mol. The number of ether oxygens (including phenoxy) is 1. The molecule has 1 aliphatic rings. The van der Waals surface area contributed by atoms with E-state index < -0.39 is 10.0 Å². The molecule has 6 nitrogen and oxygen atoms in total. The summed E-state index contributed by atoms with van der Waals surface area (Å²) in [6.07, 6.45) is 2.92. The molecule has 31 heavy (non-hydrogen) atoms. The zero-order valence-electron chi connectivity index (χ0n) is 17.6. The van der Waals surface area contributed by atoms with E-state index >= 15 is 0 Å². The van der Waals surface area contributed by atoms with Gasteiger partial charge in [-0.25, -0.2) is 13.1 Å². The van der Waals surface area contributed by atoms with Crippen LogP contribution in [-0.4, -0.2) is 32.4 Å². The van der Waals surface area contributed by atoms with Gasteiger partial charge in [0.15, 0.2) is 5.75 Å². The van der Waals surface area contributed by atoms with Crippen molar-refractivity contribution in [3.63, 3.8) is 0 Å². The number of rotatable bonds is 6. The number of aromatic nitrogens is 1. The van der Waals surface area contributed by atoms with Gasteiger partial charge in [-0.3, -0.25) is 4.79 Å². The van der Waals surface area contributed by atoms with Crippen molar-refractivity contribution in [1.29, 1.82) is 0 Å². The average Bonchev–Trinajstić information content (AvgIpc) is 2.75. The zero-order valence-corrected chi connectivity index (χ0v) is 18.4. The number of nitrogens with zero attached hydrogens (tertiary/aromatic N) is 1. The van der Waals surface area contributed by atoms with E-state index in [0.717, 1.165) is 28.6 Å². The van der Waals surface area contributed by atoms with Gasteiger partial charge in [0.2, 0.25) is 10.0 Å². The van der Waals surface area contributed by atoms with Gasteiger partial charge in [0.1, 0.15) is 0 Å². The number of benzene rings is 2. The van der Waals surface area contributed by atoms with E-state index in [9.17, 15) is 13.2 Å². The number of hydrogen-bond donors (Lipinski definition) is 1. The molecule has 7 heteroatoms. The Morgan fingerprint density at radius 2 is 1.77 bits per heavy atom. The summed E-state index contributed by atoms with van der Waals surface area (Å²) < 4.78 is 33.8. The van der Waals surface area contributed by atoms with Crippen LogP contribution in [0.2, 0.25) is 0 Å². The first-order chi connectivity index (χ1) is 14.9. The highest BCUT2D eigenvalue weighted by Gasteiger charge is 2.33. The highest BCUT2D eigenvalue weighted by Crippen LogP contribution is 2.30. The number of pyridine rings is 1. The van der Waals surface area contributed by atoms with E-state index in [1.807, 2.05) is 36.4 Å². The maximum atomic E-state index is 13.1. The highest BCUT2D eigenvalue weighted by molar-refractivity contribution is 7.88. The van der Waals surface area contributed by atoms with Crippen molar-refractivity contribution in [1.82, 2.24) is 9.29 Å². The third-order valence-electron chi connectivity index (χ3n) is 5.74. The van der Waals surface area contributed by atoms with E-state index in [4.69, 9.17) is 4.74 Å². The number of nitrogens with one attached hydrogen (secondary N) is 1. The Balaban J connectivity index is 1.76. The van der Waals surface area contributed by atoms with Crippen molar-refractivity contribution < 1.29 is 13.2 Å². The fourth-order valence-corrected chi connectivity index (χ4v) is 5.19. The Bertz CT molecular complexity index is 1240. The van der Waals surface area contributed by atoms with Gasteiger partial charge < -0.3 is 9.30 Å². The number of methoxy groups -OCH3 is 1. The summed E-state index contributed by atoms with van der Waals surface area (Å²) in [6.45, 7) is 0. The number of sulfonamides is 1. The molecule has 1 aliphatic heterocycles. The molecule has 1 N–H and O–H groups in total. The summed E-state index contributed by atoms with van der Waals surface area (Å²) in [5.74, 6) is 0.256. The maximum Gasteiger partial charge on any atom is 0.293 e. The topological polar surface area (TPSA) is 77.4 Å². The second-order valence-electron chi connectivity index (χ2n) is 7.94. The molecule has 0 bridgehead atoms. The summed E-state index contributed by atoms with van der Waals surface area (Å²) in [7, 11) is -1.96. The van der Waals surface area contributed by atoms with Crippen molar-refractivity contribution in [2.45, 2.75) is 31.3 Å². The molecule has 0 spiro atoms. The fourth-order valence-electron chi connectivity index (χ4n) is 4.37. The number of fused-ring (bicyclic) bond motifs is 1. The van der Waals surface area contributed by atoms with Crippen LogP contribution in [0.5, 0.6) is 5.75 Å². The smallest absolute Gasteiger partial charge is 0.293 e. The lowest BCUT2D eigenvalue weighted by atomic mass is 9.90. The zero-order chi connectivity index (χ0) is 22.0. The van der Waals surface area contributed by atoms with Gasteiger partial charge in [0.25, 0.3) is 5.56 Å². The minimum Gasteiger partial charge on any atom is -0.491 e. The van der Waals surface area contributed by atoms with Crippen LogP contribution in [-0.2, 0) is 22.9 Å². The first-order valence-electron chi connectivity index (χ1n) is 10.3. The predicted octanol–water partition coefficient (Wildman–Crippen LogP) is 3.17. The van der Waals surface area contributed by atoms with E-state index in [1.165, 1.54) is 7.11 Å². The molecule has 2 atom stereocenters. The summed E-state index contributed by atoms with van der Waals surface area (Å²) >= 11 is 0. The van der Waals surface area contributed by atoms with Gasteiger partial charge in [-0.05, 0) is 48.1 Å². The second-order valence-corrected chi connectivity index (χ2v) is 9.72. The first-order valence-corrected chi connectivity index (χ1v) is 12.1. The van der Waals surface area contributed by atoms with E-state index in [1.54, 1.807) is 10.6 Å². The third-order valence-corrected chi connectivity index (χ3v) is 6.47. The SMILES string of the molecule is COc1ccc2n(c1=O)[C@@H](Cc1cccc(-c3ccccc3)c1)[C@@H](NS(C)(=O)=O)CC2. The molecule has 0 fully saturated rings. The Morgan fingerprint density at radius 1 is 1.03 bits per heavy atom. The summed E-state index contributed by atoms with van der Waals surface area (Å²) in [6, 6.07) is 21.1. The van der Waals surface area contributed by atoms with Crippen molar-refractivity contribution in [3.8, 4) is 16.9 Å². The van der Waals surface area contributed by atoms with Crippen LogP contribution < -0.4 is 15.0 Å². The Kier molecular flexibility index (Phi) is 5.98. The van der Waals surface area contributed by atoms with Crippen molar-refractivity contribution in [2.24, 2.45) is 0 Å².